The maximum absolute atomic E-state index is 12.2. The number of hydrogen-bond donors (Lipinski definition) is 2. The molecule has 1 aromatic heterocycles. The minimum Gasteiger partial charge on any atom is -0.345 e. The second-order valence-electron chi connectivity index (χ2n) is 6.58. The Balaban J connectivity index is 2.58. The first-order valence-electron chi connectivity index (χ1n) is 7.34. The fourth-order valence-corrected chi connectivity index (χ4v) is 2.49. The van der Waals surface area contributed by atoms with E-state index >= 15 is 0 Å². The lowest BCUT2D eigenvalue weighted by atomic mass is 9.93. The molecule has 0 saturated carbocycles. The number of thiazole rings is 1. The van der Waals surface area contributed by atoms with E-state index in [2.05, 4.69) is 10.3 Å². The molecule has 0 atom stereocenters. The number of hydrogen-bond acceptors (Lipinski definition) is 5. The molecule has 0 aliphatic rings. The molecular formula is C15H26N4O2S. The van der Waals surface area contributed by atoms with Gasteiger partial charge in [0.25, 0.3) is 0 Å². The van der Waals surface area contributed by atoms with Gasteiger partial charge in [0.2, 0.25) is 11.8 Å². The highest BCUT2D eigenvalue weighted by atomic mass is 32.1. The van der Waals surface area contributed by atoms with E-state index in [9.17, 15) is 9.59 Å². The lowest BCUT2D eigenvalue weighted by molar-refractivity contribution is -0.130. The molecule has 0 radical (unpaired) electrons. The van der Waals surface area contributed by atoms with E-state index in [1.807, 2.05) is 27.7 Å². The molecule has 22 heavy (non-hydrogen) atoms. The van der Waals surface area contributed by atoms with Gasteiger partial charge in [0.15, 0.2) is 5.13 Å². The van der Waals surface area contributed by atoms with E-state index in [4.69, 9.17) is 5.73 Å². The van der Waals surface area contributed by atoms with Gasteiger partial charge in [-0.25, -0.2) is 4.98 Å². The van der Waals surface area contributed by atoms with Gasteiger partial charge in [-0.3, -0.25) is 9.59 Å². The lowest BCUT2D eigenvalue weighted by Crippen LogP contribution is -2.40. The Labute approximate surface area is 136 Å². The average molecular weight is 326 g/mol. The van der Waals surface area contributed by atoms with Crippen molar-refractivity contribution in [3.05, 3.63) is 11.1 Å². The Kier molecular flexibility index (Phi) is 6.49. The summed E-state index contributed by atoms with van der Waals surface area (Å²) in [6.07, 6.45) is 0.227. The number of nitrogens with two attached hydrogens (primary N) is 1. The Hall–Kier alpha value is -1.47. The first kappa shape index (κ1) is 18.6. The zero-order chi connectivity index (χ0) is 16.9. The molecule has 3 N–H and O–H groups in total. The first-order valence-corrected chi connectivity index (χ1v) is 8.22. The molecule has 0 saturated heterocycles. The van der Waals surface area contributed by atoms with Gasteiger partial charge in [-0.1, -0.05) is 27.7 Å². The maximum atomic E-state index is 12.2. The second-order valence-corrected chi connectivity index (χ2v) is 7.44. The molecule has 0 spiro atoms. The van der Waals surface area contributed by atoms with Crippen molar-refractivity contribution in [2.75, 3.05) is 25.5 Å². The minimum atomic E-state index is -0.108. The van der Waals surface area contributed by atoms with Crippen LogP contribution in [0, 0.1) is 11.3 Å². The second kappa shape index (κ2) is 7.69. The van der Waals surface area contributed by atoms with Crippen LogP contribution in [0.1, 0.15) is 33.4 Å². The van der Waals surface area contributed by atoms with Crippen molar-refractivity contribution in [3.63, 3.8) is 0 Å². The van der Waals surface area contributed by atoms with Crippen LogP contribution in [-0.2, 0) is 16.0 Å². The molecule has 0 bridgehead atoms. The predicted molar refractivity (Wildman–Crippen MR) is 89.8 cm³/mol. The molecule has 7 heteroatoms. The molecule has 0 aliphatic carbocycles. The van der Waals surface area contributed by atoms with Crippen molar-refractivity contribution >= 4 is 28.3 Å². The van der Waals surface area contributed by atoms with Gasteiger partial charge in [0.1, 0.15) is 0 Å². The Bertz CT molecular complexity index is 525. The quantitative estimate of drug-likeness (QED) is 0.798. The third kappa shape index (κ3) is 5.73. The number of rotatable bonds is 7. The van der Waals surface area contributed by atoms with Crippen LogP contribution >= 0.6 is 11.3 Å². The van der Waals surface area contributed by atoms with Crippen molar-refractivity contribution in [2.45, 2.75) is 34.1 Å². The van der Waals surface area contributed by atoms with Crippen molar-refractivity contribution in [2.24, 2.45) is 17.1 Å². The molecule has 2 amide bonds. The fourth-order valence-electron chi connectivity index (χ4n) is 1.78. The first-order chi connectivity index (χ1) is 10.1. The summed E-state index contributed by atoms with van der Waals surface area (Å²) in [4.78, 5) is 29.8. The number of aromatic nitrogens is 1. The van der Waals surface area contributed by atoms with Gasteiger partial charge in [0.05, 0.1) is 12.1 Å². The van der Waals surface area contributed by atoms with Crippen molar-refractivity contribution in [1.29, 1.82) is 0 Å². The van der Waals surface area contributed by atoms with Crippen LogP contribution in [0.3, 0.4) is 0 Å². The van der Waals surface area contributed by atoms with E-state index in [-0.39, 0.29) is 29.6 Å². The number of amides is 2. The summed E-state index contributed by atoms with van der Waals surface area (Å²) in [5, 5.41) is 5.07. The van der Waals surface area contributed by atoms with Crippen LogP contribution in [0.5, 0.6) is 0 Å². The topological polar surface area (TPSA) is 88.3 Å². The van der Waals surface area contributed by atoms with Crippen LogP contribution < -0.4 is 11.1 Å². The maximum Gasteiger partial charge on any atom is 0.228 e. The van der Waals surface area contributed by atoms with Gasteiger partial charge in [-0.2, -0.15) is 0 Å². The fraction of sp³-hybridized carbons (Fsp3) is 0.667. The number of carbonyl (C=O) groups is 2. The number of anilines is 1. The van der Waals surface area contributed by atoms with Crippen molar-refractivity contribution < 1.29 is 9.59 Å². The van der Waals surface area contributed by atoms with E-state index in [1.54, 1.807) is 17.3 Å². The van der Waals surface area contributed by atoms with Crippen molar-refractivity contribution in [3.8, 4) is 0 Å². The standard InChI is InChI=1S/C15H26N4O2S/c1-10(2)13(21)18-14-17-11(7-22-14)6-12(20)19(5)9-15(3,4)8-16/h7,10H,6,8-9,16H2,1-5H3,(H,17,18,21). The van der Waals surface area contributed by atoms with Gasteiger partial charge >= 0.3 is 0 Å². The Morgan fingerprint density at radius 1 is 1.45 bits per heavy atom. The van der Waals surface area contributed by atoms with Gasteiger partial charge < -0.3 is 16.0 Å². The molecule has 0 aliphatic heterocycles. The van der Waals surface area contributed by atoms with Crippen molar-refractivity contribution in [1.82, 2.24) is 9.88 Å². The van der Waals surface area contributed by atoms with Gasteiger partial charge in [0, 0.05) is 24.9 Å². The highest BCUT2D eigenvalue weighted by Crippen LogP contribution is 2.18. The highest BCUT2D eigenvalue weighted by Gasteiger charge is 2.21. The summed E-state index contributed by atoms with van der Waals surface area (Å²) < 4.78 is 0. The highest BCUT2D eigenvalue weighted by molar-refractivity contribution is 7.13. The van der Waals surface area contributed by atoms with E-state index in [0.29, 0.717) is 23.9 Å². The van der Waals surface area contributed by atoms with Crippen LogP contribution in [0.15, 0.2) is 5.38 Å². The Morgan fingerprint density at radius 3 is 2.64 bits per heavy atom. The SMILES string of the molecule is CC(C)C(=O)Nc1nc(CC(=O)N(C)CC(C)(C)CN)cs1. The smallest absolute Gasteiger partial charge is 0.228 e. The third-order valence-electron chi connectivity index (χ3n) is 3.28. The lowest BCUT2D eigenvalue weighted by Gasteiger charge is -2.28. The van der Waals surface area contributed by atoms with Crippen LogP contribution in [0.25, 0.3) is 0 Å². The summed E-state index contributed by atoms with van der Waals surface area (Å²) in [7, 11) is 1.77. The van der Waals surface area contributed by atoms with E-state index in [0.717, 1.165) is 0 Å². The number of carbonyl (C=O) groups excluding carboxylic acids is 2. The zero-order valence-electron chi connectivity index (χ0n) is 14.0. The minimum absolute atomic E-state index is 0.00596. The predicted octanol–water partition coefficient (Wildman–Crippen LogP) is 1.72. The Morgan fingerprint density at radius 2 is 2.09 bits per heavy atom. The molecular weight excluding hydrogens is 300 g/mol. The largest absolute Gasteiger partial charge is 0.345 e. The molecule has 0 aromatic carbocycles. The molecule has 6 nitrogen and oxygen atoms in total. The van der Waals surface area contributed by atoms with E-state index in [1.165, 1.54) is 11.3 Å². The molecule has 1 rings (SSSR count). The molecule has 0 fully saturated rings. The third-order valence-corrected chi connectivity index (χ3v) is 4.09. The molecule has 1 aromatic rings. The summed E-state index contributed by atoms with van der Waals surface area (Å²) in [5.41, 5.74) is 6.26. The average Bonchev–Trinajstić information content (AvgIpc) is 2.85. The summed E-state index contributed by atoms with van der Waals surface area (Å²) in [6, 6.07) is 0. The summed E-state index contributed by atoms with van der Waals surface area (Å²) in [5.74, 6) is -0.179. The van der Waals surface area contributed by atoms with E-state index < -0.39 is 0 Å². The molecule has 1 heterocycles. The normalized spacial score (nSPS) is 11.6. The van der Waals surface area contributed by atoms with Crippen LogP contribution in [0.4, 0.5) is 5.13 Å². The van der Waals surface area contributed by atoms with Crippen LogP contribution in [0.2, 0.25) is 0 Å². The van der Waals surface area contributed by atoms with Crippen LogP contribution in [-0.4, -0.2) is 41.8 Å². The number of nitrogens with one attached hydrogen (secondary N) is 1. The number of nitrogens with zero attached hydrogens (tertiary/aromatic N) is 2. The van der Waals surface area contributed by atoms with Gasteiger partial charge in [-0.05, 0) is 12.0 Å². The summed E-state index contributed by atoms with van der Waals surface area (Å²) in [6.45, 7) is 8.82. The number of likely N-dealkylation sites (N-methyl/N-ethyl adjacent to an activating group) is 1. The molecule has 0 unspecified atom stereocenters. The zero-order valence-corrected chi connectivity index (χ0v) is 14.8. The van der Waals surface area contributed by atoms with Gasteiger partial charge in [-0.15, -0.1) is 11.3 Å². The molecule has 124 valence electrons. The summed E-state index contributed by atoms with van der Waals surface area (Å²) >= 11 is 1.33. The monoisotopic (exact) mass is 326 g/mol.